The van der Waals surface area contributed by atoms with Gasteiger partial charge in [0.25, 0.3) is 0 Å². The Kier molecular flexibility index (Phi) is 3.72. The van der Waals surface area contributed by atoms with Gasteiger partial charge in [-0.15, -0.1) is 0 Å². The van der Waals surface area contributed by atoms with Gasteiger partial charge in [-0.1, -0.05) is 0 Å². The number of aromatic carboxylic acids is 1. The topological polar surface area (TPSA) is 87.4 Å². The summed E-state index contributed by atoms with van der Waals surface area (Å²) in [4.78, 5) is 21.4. The van der Waals surface area contributed by atoms with Crippen LogP contribution in [0.25, 0.3) is 0 Å². The predicted octanol–water partition coefficient (Wildman–Crippen LogP) is 1.67. The van der Waals surface area contributed by atoms with E-state index in [1.54, 1.807) is 0 Å². The van der Waals surface area contributed by atoms with E-state index >= 15 is 0 Å². The van der Waals surface area contributed by atoms with Crippen LogP contribution in [0, 0.1) is 11.3 Å². The minimum absolute atomic E-state index is 0.219. The van der Waals surface area contributed by atoms with Crippen LogP contribution in [0.2, 0.25) is 0 Å². The van der Waals surface area contributed by atoms with Crippen LogP contribution < -0.4 is 4.74 Å². The lowest BCUT2D eigenvalue weighted by molar-refractivity contribution is -0.0501. The number of carbonyl (C=O) groups excluding carboxylic acids is 1. The Morgan fingerprint density at radius 2 is 2.18 bits per heavy atom. The highest BCUT2D eigenvalue weighted by Crippen LogP contribution is 2.25. The Bertz CT molecular complexity index is 508. The van der Waals surface area contributed by atoms with Crippen LogP contribution in [-0.4, -0.2) is 24.0 Å². The molecule has 7 heteroatoms. The van der Waals surface area contributed by atoms with Gasteiger partial charge in [0.15, 0.2) is 6.29 Å². The van der Waals surface area contributed by atoms with Gasteiger partial charge in [0, 0.05) is 5.56 Å². The van der Waals surface area contributed by atoms with Crippen LogP contribution in [0.5, 0.6) is 5.75 Å². The smallest absolute Gasteiger partial charge is 0.387 e. The number of benzene rings is 1. The zero-order valence-corrected chi connectivity index (χ0v) is 8.18. The Morgan fingerprint density at radius 3 is 2.59 bits per heavy atom. The molecule has 0 unspecified atom stereocenters. The standard InChI is InChI=1S/C10H5F2NO4/c11-10(12)17-7-2-1-5(4-14)8(9(15)16)6(7)3-13/h1-2,4,10H,(H,15,16). The van der Waals surface area contributed by atoms with Crippen LogP contribution in [0.15, 0.2) is 12.1 Å². The molecule has 1 rings (SSSR count). The average molecular weight is 241 g/mol. The lowest BCUT2D eigenvalue weighted by Crippen LogP contribution is -2.10. The molecule has 0 bridgehead atoms. The van der Waals surface area contributed by atoms with Gasteiger partial charge in [-0.3, -0.25) is 4.79 Å². The third kappa shape index (κ3) is 2.55. The number of nitrogens with zero attached hydrogens (tertiary/aromatic N) is 1. The SMILES string of the molecule is N#Cc1c(OC(F)F)ccc(C=O)c1C(=O)O. The highest BCUT2D eigenvalue weighted by Gasteiger charge is 2.21. The van der Waals surface area contributed by atoms with Gasteiger partial charge in [0.1, 0.15) is 17.4 Å². The summed E-state index contributed by atoms with van der Waals surface area (Å²) >= 11 is 0. The van der Waals surface area contributed by atoms with E-state index in [1.807, 2.05) is 0 Å². The number of rotatable bonds is 4. The Balaban J connectivity index is 3.47. The molecule has 0 aliphatic heterocycles. The third-order valence-corrected chi connectivity index (χ3v) is 1.87. The van der Waals surface area contributed by atoms with Gasteiger partial charge in [0.05, 0.1) is 5.56 Å². The van der Waals surface area contributed by atoms with E-state index < -0.39 is 29.5 Å². The first kappa shape index (κ1) is 12.6. The molecule has 0 heterocycles. The van der Waals surface area contributed by atoms with Crippen LogP contribution in [0.3, 0.4) is 0 Å². The van der Waals surface area contributed by atoms with Crippen molar-refractivity contribution in [2.75, 3.05) is 0 Å². The van der Waals surface area contributed by atoms with Gasteiger partial charge in [0.2, 0.25) is 0 Å². The first-order chi connectivity index (χ1) is 8.01. The maximum absolute atomic E-state index is 12.0. The second-order valence-electron chi connectivity index (χ2n) is 2.82. The number of hydrogen-bond donors (Lipinski definition) is 1. The molecule has 5 nitrogen and oxygen atoms in total. The molecule has 0 saturated carbocycles. The molecule has 0 atom stereocenters. The van der Waals surface area contributed by atoms with Crippen molar-refractivity contribution in [2.45, 2.75) is 6.61 Å². The normalized spacial score (nSPS) is 9.76. The molecule has 0 saturated heterocycles. The van der Waals surface area contributed by atoms with E-state index in [9.17, 15) is 18.4 Å². The zero-order chi connectivity index (χ0) is 13.0. The van der Waals surface area contributed by atoms with Crippen molar-refractivity contribution in [1.82, 2.24) is 0 Å². The molecular formula is C10H5F2NO4. The number of carboxylic acid groups (broad SMARTS) is 1. The van der Waals surface area contributed by atoms with Gasteiger partial charge in [-0.25, -0.2) is 4.79 Å². The molecule has 1 aromatic carbocycles. The fourth-order valence-corrected chi connectivity index (χ4v) is 1.23. The van der Waals surface area contributed by atoms with Crippen LogP contribution in [0.4, 0.5) is 8.78 Å². The van der Waals surface area contributed by atoms with Crippen molar-refractivity contribution >= 4 is 12.3 Å². The molecule has 0 fully saturated rings. The quantitative estimate of drug-likeness (QED) is 0.810. The predicted molar refractivity (Wildman–Crippen MR) is 50.1 cm³/mol. The van der Waals surface area contributed by atoms with Crippen LogP contribution in [0.1, 0.15) is 26.3 Å². The monoisotopic (exact) mass is 241 g/mol. The molecule has 0 amide bonds. The summed E-state index contributed by atoms with van der Waals surface area (Å²) in [5.74, 6) is -2.14. The Morgan fingerprint density at radius 1 is 1.53 bits per heavy atom. The Labute approximate surface area is 93.8 Å². The van der Waals surface area contributed by atoms with Crippen molar-refractivity contribution in [3.63, 3.8) is 0 Å². The first-order valence-electron chi connectivity index (χ1n) is 4.21. The minimum Gasteiger partial charge on any atom is -0.478 e. The molecule has 88 valence electrons. The second-order valence-corrected chi connectivity index (χ2v) is 2.82. The third-order valence-electron chi connectivity index (χ3n) is 1.87. The van der Waals surface area contributed by atoms with Crippen molar-refractivity contribution in [3.05, 3.63) is 28.8 Å². The molecule has 0 spiro atoms. The Hall–Kier alpha value is -2.49. The maximum Gasteiger partial charge on any atom is 0.387 e. The molecule has 17 heavy (non-hydrogen) atoms. The lowest BCUT2D eigenvalue weighted by Gasteiger charge is -2.09. The molecule has 0 aliphatic rings. The van der Waals surface area contributed by atoms with Crippen molar-refractivity contribution < 1.29 is 28.2 Å². The number of ether oxygens (including phenoxy) is 1. The maximum atomic E-state index is 12.0. The van der Waals surface area contributed by atoms with E-state index in [-0.39, 0.29) is 11.8 Å². The molecule has 0 aromatic heterocycles. The number of alkyl halides is 2. The fraction of sp³-hybridized carbons (Fsp3) is 0.100. The number of aldehydes is 1. The number of halogens is 2. The number of carbonyl (C=O) groups is 2. The van der Waals surface area contributed by atoms with Gasteiger partial charge < -0.3 is 9.84 Å². The summed E-state index contributed by atoms with van der Waals surface area (Å²) in [5, 5.41) is 17.5. The molecule has 0 radical (unpaired) electrons. The lowest BCUT2D eigenvalue weighted by atomic mass is 10.0. The van der Waals surface area contributed by atoms with E-state index in [1.165, 1.54) is 6.07 Å². The van der Waals surface area contributed by atoms with Crippen molar-refractivity contribution in [3.8, 4) is 11.8 Å². The van der Waals surface area contributed by atoms with Crippen LogP contribution in [-0.2, 0) is 0 Å². The molecular weight excluding hydrogens is 236 g/mol. The van der Waals surface area contributed by atoms with E-state index in [0.29, 0.717) is 0 Å². The molecule has 0 aliphatic carbocycles. The van der Waals surface area contributed by atoms with E-state index in [4.69, 9.17) is 10.4 Å². The summed E-state index contributed by atoms with van der Waals surface area (Å²) in [6.07, 6.45) is 0.219. The summed E-state index contributed by atoms with van der Waals surface area (Å²) < 4.78 is 28.0. The molecule has 1 N–H and O–H groups in total. The number of carboxylic acids is 1. The summed E-state index contributed by atoms with van der Waals surface area (Å²) in [5.41, 5.74) is -1.54. The second kappa shape index (κ2) is 5.03. The average Bonchev–Trinajstić information content (AvgIpc) is 2.27. The van der Waals surface area contributed by atoms with Crippen molar-refractivity contribution in [2.24, 2.45) is 0 Å². The van der Waals surface area contributed by atoms with Gasteiger partial charge >= 0.3 is 12.6 Å². The number of hydrogen-bond acceptors (Lipinski definition) is 4. The first-order valence-corrected chi connectivity index (χ1v) is 4.21. The minimum atomic E-state index is -3.19. The van der Waals surface area contributed by atoms with E-state index in [2.05, 4.69) is 4.74 Å². The summed E-state index contributed by atoms with van der Waals surface area (Å²) in [7, 11) is 0. The number of nitriles is 1. The molecule has 1 aromatic rings. The van der Waals surface area contributed by atoms with Gasteiger partial charge in [-0.05, 0) is 12.1 Å². The highest BCUT2D eigenvalue weighted by atomic mass is 19.3. The van der Waals surface area contributed by atoms with Gasteiger partial charge in [-0.2, -0.15) is 14.0 Å². The highest BCUT2D eigenvalue weighted by molar-refractivity contribution is 6.00. The summed E-state index contributed by atoms with van der Waals surface area (Å²) in [6, 6.07) is 3.37. The van der Waals surface area contributed by atoms with Crippen LogP contribution >= 0.6 is 0 Å². The fourth-order valence-electron chi connectivity index (χ4n) is 1.23. The largest absolute Gasteiger partial charge is 0.478 e. The van der Waals surface area contributed by atoms with Crippen molar-refractivity contribution in [1.29, 1.82) is 5.26 Å². The van der Waals surface area contributed by atoms with E-state index in [0.717, 1.165) is 12.1 Å². The summed E-state index contributed by atoms with van der Waals surface area (Å²) in [6.45, 7) is -3.19. The zero-order valence-electron chi connectivity index (χ0n) is 8.18.